The van der Waals surface area contributed by atoms with Crippen LogP contribution < -0.4 is 19.5 Å². The summed E-state index contributed by atoms with van der Waals surface area (Å²) in [7, 11) is -9.35. The monoisotopic (exact) mass is 378 g/mol. The molecule has 1 aliphatic heterocycles. The zero-order valence-corrected chi connectivity index (χ0v) is 13.6. The van der Waals surface area contributed by atoms with E-state index in [1.807, 2.05) is 0 Å². The fourth-order valence-electron chi connectivity index (χ4n) is 2.30. The molecule has 24 heavy (non-hydrogen) atoms. The molecule has 0 aliphatic carbocycles. The smallest absolute Gasteiger partial charge is 0.484 e. The number of hydrogen-bond donors (Lipinski definition) is 0. The average molecular weight is 378 g/mol. The highest BCUT2D eigenvalue weighted by Gasteiger charge is 2.50. The number of ether oxygens (including phenoxy) is 1. The van der Waals surface area contributed by atoms with Crippen molar-refractivity contribution in [2.45, 2.75) is 5.51 Å². The van der Waals surface area contributed by atoms with Crippen LogP contribution >= 0.6 is 7.14 Å². The summed E-state index contributed by atoms with van der Waals surface area (Å²) in [5, 5.41) is 0.174. The Balaban J connectivity index is 2.14. The van der Waals surface area contributed by atoms with Gasteiger partial charge in [0, 0.05) is 5.30 Å². The molecule has 1 atom stereocenters. The highest BCUT2D eigenvalue weighted by molar-refractivity contribution is 7.88. The zero-order valence-electron chi connectivity index (χ0n) is 11.9. The minimum absolute atomic E-state index is 0.0389. The number of fused-ring (bicyclic) bond motifs is 1. The van der Waals surface area contributed by atoms with Crippen molar-refractivity contribution in [3.63, 3.8) is 0 Å². The van der Waals surface area contributed by atoms with Crippen molar-refractivity contribution in [3.8, 4) is 11.5 Å². The molecule has 0 saturated carbocycles. The van der Waals surface area contributed by atoms with E-state index >= 15 is 0 Å². The Labute approximate surface area is 135 Å². The van der Waals surface area contributed by atoms with E-state index in [4.69, 9.17) is 4.74 Å². The van der Waals surface area contributed by atoms with Gasteiger partial charge in [0.15, 0.2) is 12.9 Å². The van der Waals surface area contributed by atoms with Crippen molar-refractivity contribution in [2.75, 3.05) is 6.35 Å². The maximum atomic E-state index is 13.3. The number of alkyl halides is 3. The SMILES string of the molecule is O=[P@@]1(c2ccccc2)COc2cccc(OS(=O)(=O)C(F)(F)F)c21. The van der Waals surface area contributed by atoms with Crippen LogP contribution in [-0.4, -0.2) is 20.3 Å². The number of rotatable bonds is 3. The van der Waals surface area contributed by atoms with Crippen LogP contribution in [0.2, 0.25) is 0 Å². The molecule has 0 fully saturated rings. The Kier molecular flexibility index (Phi) is 3.88. The molecule has 0 radical (unpaired) electrons. The molecule has 3 rings (SSSR count). The van der Waals surface area contributed by atoms with Crippen LogP contribution in [0.3, 0.4) is 0 Å². The van der Waals surface area contributed by atoms with Gasteiger partial charge in [0.25, 0.3) is 0 Å². The van der Waals surface area contributed by atoms with Crippen molar-refractivity contribution in [2.24, 2.45) is 0 Å². The predicted octanol–water partition coefficient (Wildman–Crippen LogP) is 2.58. The molecule has 0 bridgehead atoms. The van der Waals surface area contributed by atoms with Gasteiger partial charge in [-0.3, -0.25) is 0 Å². The molecular formula is C14H10F3O5PS. The highest BCUT2D eigenvalue weighted by atomic mass is 32.2. The lowest BCUT2D eigenvalue weighted by Gasteiger charge is -2.15. The molecule has 1 aliphatic rings. The first-order chi connectivity index (χ1) is 11.2. The third-order valence-electron chi connectivity index (χ3n) is 3.38. The normalized spacial score (nSPS) is 20.3. The zero-order chi connectivity index (χ0) is 17.6. The van der Waals surface area contributed by atoms with Gasteiger partial charge in [-0.05, 0) is 12.1 Å². The standard InChI is InChI=1S/C14H10F3O5PS/c15-14(16,17)24(19,20)22-12-8-4-7-11-13(12)23(18,9-21-11)10-5-2-1-3-6-10/h1-8H,9H2/t23-/m1/s1. The van der Waals surface area contributed by atoms with Gasteiger partial charge >= 0.3 is 15.6 Å². The molecule has 0 N–H and O–H groups in total. The van der Waals surface area contributed by atoms with Crippen LogP contribution in [0.25, 0.3) is 0 Å². The van der Waals surface area contributed by atoms with Crippen molar-refractivity contribution >= 4 is 27.9 Å². The van der Waals surface area contributed by atoms with Gasteiger partial charge in [-0.2, -0.15) is 21.6 Å². The van der Waals surface area contributed by atoms with Gasteiger partial charge in [-0.15, -0.1) is 0 Å². The third-order valence-corrected chi connectivity index (χ3v) is 7.14. The van der Waals surface area contributed by atoms with E-state index in [9.17, 15) is 26.2 Å². The molecule has 0 aromatic heterocycles. The van der Waals surface area contributed by atoms with E-state index < -0.39 is 28.5 Å². The third kappa shape index (κ3) is 2.67. The van der Waals surface area contributed by atoms with E-state index in [-0.39, 0.29) is 17.4 Å². The van der Waals surface area contributed by atoms with Crippen molar-refractivity contribution in [3.05, 3.63) is 48.5 Å². The topological polar surface area (TPSA) is 69.7 Å². The van der Waals surface area contributed by atoms with E-state index in [1.165, 1.54) is 24.3 Å². The largest absolute Gasteiger partial charge is 0.534 e. The molecule has 10 heteroatoms. The maximum absolute atomic E-state index is 13.3. The molecular weight excluding hydrogens is 368 g/mol. The lowest BCUT2D eigenvalue weighted by Crippen LogP contribution is -2.30. The molecule has 0 unspecified atom stereocenters. The van der Waals surface area contributed by atoms with Gasteiger partial charge < -0.3 is 13.5 Å². The maximum Gasteiger partial charge on any atom is 0.534 e. The summed E-state index contributed by atoms with van der Waals surface area (Å²) in [4.78, 5) is 0. The minimum Gasteiger partial charge on any atom is -0.484 e. The molecule has 0 saturated heterocycles. The van der Waals surface area contributed by atoms with Crippen LogP contribution in [0, 0.1) is 0 Å². The summed E-state index contributed by atoms with van der Waals surface area (Å²) in [5.41, 5.74) is -5.59. The molecule has 5 nitrogen and oxygen atoms in total. The molecule has 0 spiro atoms. The fraction of sp³-hybridized carbons (Fsp3) is 0.143. The summed E-state index contributed by atoms with van der Waals surface area (Å²) in [6.45, 7) is 0. The van der Waals surface area contributed by atoms with Crippen LogP contribution in [0.15, 0.2) is 48.5 Å². The highest BCUT2D eigenvalue weighted by Crippen LogP contribution is 2.53. The summed E-state index contributed by atoms with van der Waals surface area (Å²) < 4.78 is 83.1. The lowest BCUT2D eigenvalue weighted by molar-refractivity contribution is -0.0499. The van der Waals surface area contributed by atoms with Gasteiger partial charge in [0.2, 0.25) is 0 Å². The quantitative estimate of drug-likeness (QED) is 0.467. The molecule has 2 aromatic carbocycles. The predicted molar refractivity (Wildman–Crippen MR) is 80.9 cm³/mol. The second kappa shape index (κ2) is 5.53. The van der Waals surface area contributed by atoms with Crippen molar-refractivity contribution < 1.29 is 35.1 Å². The van der Waals surface area contributed by atoms with Gasteiger partial charge in [0.05, 0.1) is 0 Å². The first kappa shape index (κ1) is 16.9. The second-order valence-corrected chi connectivity index (χ2v) is 9.17. The summed E-state index contributed by atoms with van der Waals surface area (Å²) in [6.07, 6.45) is -0.279. The molecule has 0 amide bonds. The lowest BCUT2D eigenvalue weighted by atomic mass is 10.3. The van der Waals surface area contributed by atoms with E-state index in [0.29, 0.717) is 5.30 Å². The average Bonchev–Trinajstić information content (AvgIpc) is 2.87. The Morgan fingerprint density at radius 2 is 1.71 bits per heavy atom. The van der Waals surface area contributed by atoms with Gasteiger partial charge in [0.1, 0.15) is 17.4 Å². The second-order valence-electron chi connectivity index (χ2n) is 4.93. The van der Waals surface area contributed by atoms with Crippen molar-refractivity contribution in [1.29, 1.82) is 0 Å². The van der Waals surface area contributed by atoms with E-state index in [1.54, 1.807) is 18.2 Å². The molecule has 128 valence electrons. The van der Waals surface area contributed by atoms with Crippen molar-refractivity contribution in [1.82, 2.24) is 0 Å². The Morgan fingerprint density at radius 1 is 1.04 bits per heavy atom. The first-order valence-corrected chi connectivity index (χ1v) is 9.87. The van der Waals surface area contributed by atoms with E-state index in [0.717, 1.165) is 6.07 Å². The Bertz CT molecular complexity index is 925. The minimum atomic E-state index is -5.88. The van der Waals surface area contributed by atoms with Crippen LogP contribution in [-0.2, 0) is 14.7 Å². The van der Waals surface area contributed by atoms with Crippen LogP contribution in [0.1, 0.15) is 0 Å². The Morgan fingerprint density at radius 3 is 2.33 bits per heavy atom. The van der Waals surface area contributed by atoms with E-state index in [2.05, 4.69) is 4.18 Å². The van der Waals surface area contributed by atoms with Gasteiger partial charge in [-0.1, -0.05) is 36.4 Å². The van der Waals surface area contributed by atoms with Crippen LogP contribution in [0.5, 0.6) is 11.5 Å². The summed E-state index contributed by atoms with van der Waals surface area (Å²) in [5.74, 6) is -0.605. The number of benzene rings is 2. The molecule has 1 heterocycles. The number of halogens is 3. The fourth-order valence-corrected chi connectivity index (χ4v) is 5.32. The summed E-state index contributed by atoms with van der Waals surface area (Å²) in [6, 6.07) is 11.7. The number of hydrogen-bond acceptors (Lipinski definition) is 5. The first-order valence-electron chi connectivity index (χ1n) is 6.57. The van der Waals surface area contributed by atoms with Crippen LogP contribution in [0.4, 0.5) is 13.2 Å². The Hall–Kier alpha value is -1.99. The molecule has 2 aromatic rings. The summed E-state index contributed by atoms with van der Waals surface area (Å²) >= 11 is 0. The van der Waals surface area contributed by atoms with Gasteiger partial charge in [-0.25, -0.2) is 0 Å².